The van der Waals surface area contributed by atoms with Crippen LogP contribution in [0.4, 0.5) is 0 Å². The van der Waals surface area contributed by atoms with Crippen LogP contribution in [0.2, 0.25) is 0 Å². The number of hydrogen-bond acceptors (Lipinski definition) is 13. The molecule has 0 aliphatic heterocycles. The van der Waals surface area contributed by atoms with E-state index in [-0.39, 0.29) is 90.0 Å². The van der Waals surface area contributed by atoms with E-state index in [1.165, 1.54) is 19.3 Å². The molecule has 0 amide bonds. The molecule has 0 spiro atoms. The van der Waals surface area contributed by atoms with E-state index in [1.807, 2.05) is 0 Å². The van der Waals surface area contributed by atoms with E-state index in [9.17, 15) is 28.8 Å². The maximum absolute atomic E-state index is 12.8. The second kappa shape index (κ2) is 36.7. The molecule has 0 bridgehead atoms. The highest BCUT2D eigenvalue weighted by Gasteiger charge is 2.21. The zero-order chi connectivity index (χ0) is 40.1. The van der Waals surface area contributed by atoms with Crippen LogP contribution in [0.3, 0.4) is 0 Å². The van der Waals surface area contributed by atoms with Crippen molar-refractivity contribution in [3.63, 3.8) is 0 Å². The second-order valence-electron chi connectivity index (χ2n) is 14.1. The molecule has 54 heavy (non-hydrogen) atoms. The number of rotatable bonds is 38. The molecule has 0 aromatic heterocycles. The van der Waals surface area contributed by atoms with Gasteiger partial charge in [-0.2, -0.15) is 0 Å². The lowest BCUT2D eigenvalue weighted by molar-refractivity contribution is -0.167. The lowest BCUT2D eigenvalue weighted by Gasteiger charge is -2.20. The number of carbonyl (C=O) groups excluding carboxylic acids is 6. The molecule has 0 rings (SSSR count). The largest absolute Gasteiger partial charge is 0.464 e. The minimum absolute atomic E-state index is 0.0240. The van der Waals surface area contributed by atoms with E-state index in [4.69, 9.17) is 28.4 Å². The highest BCUT2D eigenvalue weighted by Crippen LogP contribution is 2.11. The van der Waals surface area contributed by atoms with Crippen molar-refractivity contribution in [1.29, 1.82) is 0 Å². The van der Waals surface area contributed by atoms with E-state index in [1.54, 1.807) is 11.9 Å². The summed E-state index contributed by atoms with van der Waals surface area (Å²) in [6, 6.07) is 0. The Balaban J connectivity index is 4.76. The van der Waals surface area contributed by atoms with Gasteiger partial charge in [0.25, 0.3) is 6.47 Å². The average Bonchev–Trinajstić information content (AvgIpc) is 3.16. The number of ether oxygens (including phenoxy) is 6. The fourth-order valence-corrected chi connectivity index (χ4v) is 5.47. The molecule has 0 aromatic carbocycles. The summed E-state index contributed by atoms with van der Waals surface area (Å²) in [5.74, 6) is -2.32. The molecule has 13 heteroatoms. The van der Waals surface area contributed by atoms with E-state index in [0.717, 1.165) is 96.3 Å². The lowest BCUT2D eigenvalue weighted by Crippen LogP contribution is -2.33. The van der Waals surface area contributed by atoms with Gasteiger partial charge in [-0.3, -0.25) is 28.8 Å². The summed E-state index contributed by atoms with van der Waals surface area (Å²) in [7, 11) is 1.73. The van der Waals surface area contributed by atoms with Gasteiger partial charge in [-0.05, 0) is 26.3 Å². The Kier molecular flexibility index (Phi) is 34.5. The van der Waals surface area contributed by atoms with E-state index in [2.05, 4.69) is 20.8 Å². The van der Waals surface area contributed by atoms with Gasteiger partial charge in [-0.25, -0.2) is 0 Å². The van der Waals surface area contributed by atoms with Crippen LogP contribution < -0.4 is 0 Å². The van der Waals surface area contributed by atoms with Crippen LogP contribution in [-0.2, 0) is 57.2 Å². The van der Waals surface area contributed by atoms with Crippen LogP contribution in [0.15, 0.2) is 0 Å². The van der Waals surface area contributed by atoms with Gasteiger partial charge < -0.3 is 33.3 Å². The molecule has 0 aromatic rings. The Labute approximate surface area is 325 Å². The molecule has 0 saturated heterocycles. The van der Waals surface area contributed by atoms with Gasteiger partial charge in [-0.15, -0.1) is 0 Å². The van der Waals surface area contributed by atoms with Crippen LogP contribution in [0.1, 0.15) is 168 Å². The Morgan fingerprint density at radius 3 is 1.09 bits per heavy atom. The summed E-state index contributed by atoms with van der Waals surface area (Å²) in [5, 5.41) is 0. The van der Waals surface area contributed by atoms with Gasteiger partial charge in [0.1, 0.15) is 26.4 Å². The predicted octanol–water partition coefficient (Wildman–Crippen LogP) is 7.58. The first-order valence-electron chi connectivity index (χ1n) is 20.7. The summed E-state index contributed by atoms with van der Waals surface area (Å²) in [6.45, 7) is 6.29. The summed E-state index contributed by atoms with van der Waals surface area (Å²) in [4.78, 5) is 74.6. The monoisotopic (exact) mass is 772 g/mol. The second-order valence-corrected chi connectivity index (χ2v) is 14.1. The average molecular weight is 772 g/mol. The smallest absolute Gasteiger partial charge is 0.307 e. The zero-order valence-electron chi connectivity index (χ0n) is 34.1. The summed E-state index contributed by atoms with van der Waals surface area (Å²) >= 11 is 0. The molecular formula is C41H73NO12. The van der Waals surface area contributed by atoms with Crippen molar-refractivity contribution in [2.75, 3.05) is 46.6 Å². The zero-order valence-corrected chi connectivity index (χ0v) is 34.1. The van der Waals surface area contributed by atoms with Crippen molar-refractivity contribution in [2.45, 2.75) is 181 Å². The van der Waals surface area contributed by atoms with Gasteiger partial charge in [-0.1, -0.05) is 117 Å². The normalized spacial score (nSPS) is 11.6. The number of carbonyl (C=O) groups is 6. The molecule has 13 nitrogen and oxygen atoms in total. The Hall–Kier alpha value is -3.22. The minimum atomic E-state index is -0.940. The summed E-state index contributed by atoms with van der Waals surface area (Å²) in [6.07, 6.45) is 17.5. The first-order valence-corrected chi connectivity index (χ1v) is 20.7. The van der Waals surface area contributed by atoms with Crippen molar-refractivity contribution in [1.82, 2.24) is 4.90 Å². The van der Waals surface area contributed by atoms with Crippen LogP contribution in [-0.4, -0.2) is 100.0 Å². The van der Waals surface area contributed by atoms with Crippen molar-refractivity contribution >= 4 is 36.3 Å². The molecule has 0 heterocycles. The molecule has 0 radical (unpaired) electrons. The molecule has 314 valence electrons. The van der Waals surface area contributed by atoms with Crippen LogP contribution >= 0.6 is 0 Å². The number of esters is 5. The molecule has 0 N–H and O–H groups in total. The lowest BCUT2D eigenvalue weighted by atomic mass is 10.1. The number of hydrogen-bond donors (Lipinski definition) is 0. The van der Waals surface area contributed by atoms with Gasteiger partial charge >= 0.3 is 29.8 Å². The molecular weight excluding hydrogens is 698 g/mol. The number of unbranched alkanes of at least 4 members (excludes halogenated alkanes) is 15. The van der Waals surface area contributed by atoms with Crippen molar-refractivity contribution in [2.24, 2.45) is 0 Å². The topological polar surface area (TPSA) is 161 Å². The molecule has 1 atom stereocenters. The SMILES string of the molecule is CCCCCCCCC(=O)OCC(COC=O)OC(=O)CCN(C)CCC(=O)OC(COC(=O)CCCCCCCC)COC(=O)CCCCCCCC. The number of nitrogens with zero attached hydrogens (tertiary/aromatic N) is 1. The standard InChI is InChI=1S/C41H73NO12/c1-5-8-11-14-17-20-23-37(44)50-31-35(30-49-34-43)53-40(47)26-28-42(4)29-27-41(48)54-36(32-51-38(45)24-21-18-15-12-9-6-2)33-52-39(46)25-22-19-16-13-10-7-3/h34-36H,5-33H2,1-4H3. The Morgan fingerprint density at radius 1 is 0.444 bits per heavy atom. The van der Waals surface area contributed by atoms with Crippen molar-refractivity contribution in [3.05, 3.63) is 0 Å². The maximum Gasteiger partial charge on any atom is 0.307 e. The van der Waals surface area contributed by atoms with Crippen LogP contribution in [0.25, 0.3) is 0 Å². The third-order valence-corrected chi connectivity index (χ3v) is 8.84. The van der Waals surface area contributed by atoms with Gasteiger partial charge in [0, 0.05) is 32.4 Å². The third kappa shape index (κ3) is 33.4. The predicted molar refractivity (Wildman–Crippen MR) is 205 cm³/mol. The fourth-order valence-electron chi connectivity index (χ4n) is 5.47. The third-order valence-electron chi connectivity index (χ3n) is 8.84. The van der Waals surface area contributed by atoms with Crippen LogP contribution in [0.5, 0.6) is 0 Å². The van der Waals surface area contributed by atoms with Crippen LogP contribution in [0, 0.1) is 0 Å². The van der Waals surface area contributed by atoms with E-state index >= 15 is 0 Å². The summed E-state index contributed by atoms with van der Waals surface area (Å²) < 4.78 is 31.7. The highest BCUT2D eigenvalue weighted by atomic mass is 16.6. The first kappa shape index (κ1) is 50.8. The molecule has 0 fully saturated rings. The molecule has 0 aliphatic carbocycles. The van der Waals surface area contributed by atoms with E-state index in [0.29, 0.717) is 0 Å². The fraction of sp³-hybridized carbons (Fsp3) is 0.854. The van der Waals surface area contributed by atoms with Gasteiger partial charge in [0.05, 0.1) is 12.8 Å². The van der Waals surface area contributed by atoms with Gasteiger partial charge in [0.15, 0.2) is 12.2 Å². The quantitative estimate of drug-likeness (QED) is 0.0262. The first-order chi connectivity index (χ1) is 26.1. The summed E-state index contributed by atoms with van der Waals surface area (Å²) in [5.41, 5.74) is 0. The molecule has 1 unspecified atom stereocenters. The minimum Gasteiger partial charge on any atom is -0.464 e. The molecule has 0 aliphatic rings. The van der Waals surface area contributed by atoms with Crippen molar-refractivity contribution < 1.29 is 57.2 Å². The maximum atomic E-state index is 12.8. The van der Waals surface area contributed by atoms with Gasteiger partial charge in [0.2, 0.25) is 0 Å². The van der Waals surface area contributed by atoms with Crippen molar-refractivity contribution in [3.8, 4) is 0 Å². The Bertz CT molecular complexity index is 959. The molecule has 0 saturated carbocycles. The highest BCUT2D eigenvalue weighted by molar-refractivity contribution is 5.72. The van der Waals surface area contributed by atoms with E-state index < -0.39 is 30.1 Å². The Morgan fingerprint density at radius 2 is 0.759 bits per heavy atom.